The van der Waals surface area contributed by atoms with E-state index in [0.717, 1.165) is 31.2 Å². The molecule has 148 valence electrons. The van der Waals surface area contributed by atoms with Crippen molar-refractivity contribution in [2.24, 2.45) is 5.92 Å². The molecule has 1 amide bonds. The van der Waals surface area contributed by atoms with Gasteiger partial charge in [0, 0.05) is 10.9 Å². The summed E-state index contributed by atoms with van der Waals surface area (Å²) in [4.78, 5) is 27.7. The Bertz CT molecular complexity index is 643. The highest BCUT2D eigenvalue weighted by Crippen LogP contribution is 2.38. The Hall–Kier alpha value is -1.81. The Morgan fingerprint density at radius 1 is 1.33 bits per heavy atom. The van der Waals surface area contributed by atoms with Crippen molar-refractivity contribution >= 4 is 23.5 Å². The normalized spacial score (nSPS) is 21.0. The third-order valence-electron chi connectivity index (χ3n) is 5.17. The number of halogens is 1. The van der Waals surface area contributed by atoms with Crippen LogP contribution in [0.15, 0.2) is 36.9 Å². The average molecular weight is 392 g/mol. The van der Waals surface area contributed by atoms with Crippen molar-refractivity contribution in [3.05, 3.63) is 47.5 Å². The van der Waals surface area contributed by atoms with Crippen LogP contribution in [-0.4, -0.2) is 29.4 Å². The van der Waals surface area contributed by atoms with Crippen LogP contribution >= 0.6 is 11.6 Å². The van der Waals surface area contributed by atoms with Gasteiger partial charge in [-0.25, -0.2) is 4.79 Å². The third-order valence-corrected chi connectivity index (χ3v) is 5.42. The lowest BCUT2D eigenvalue weighted by molar-refractivity contribution is -0.162. The number of amides is 1. The molecular formula is C22H30ClNO3. The molecule has 2 rings (SSSR count). The van der Waals surface area contributed by atoms with Gasteiger partial charge in [-0.3, -0.25) is 4.79 Å². The molecule has 0 saturated carbocycles. The number of ether oxygens (including phenoxy) is 1. The number of carbonyl (C=O) groups is 2. The monoisotopic (exact) mass is 391 g/mol. The summed E-state index contributed by atoms with van der Waals surface area (Å²) in [5.41, 5.74) is 1.00. The van der Waals surface area contributed by atoms with Crippen LogP contribution in [0.1, 0.15) is 64.0 Å². The standard InChI is InChI=1S/C22H30ClNO3/c1-4-7-15-27-22(26)19(6-3)24-20(16-9-12-18(23)13-10-16)14-11-17(8-5-2)21(24)25/h5,9-10,12-13,17,19-20H,2,4,6-8,11,14-15H2,1,3H3/t17-,19?,20?/m0/s1. The van der Waals surface area contributed by atoms with Gasteiger partial charge in [-0.2, -0.15) is 0 Å². The number of benzene rings is 1. The molecule has 0 spiro atoms. The fraction of sp³-hybridized carbons (Fsp3) is 0.545. The van der Waals surface area contributed by atoms with Crippen molar-refractivity contribution in [1.29, 1.82) is 0 Å². The highest BCUT2D eigenvalue weighted by atomic mass is 35.5. The van der Waals surface area contributed by atoms with Crippen molar-refractivity contribution in [3.63, 3.8) is 0 Å². The maximum absolute atomic E-state index is 13.2. The molecule has 1 saturated heterocycles. The van der Waals surface area contributed by atoms with E-state index < -0.39 is 6.04 Å². The van der Waals surface area contributed by atoms with E-state index in [2.05, 4.69) is 13.5 Å². The van der Waals surface area contributed by atoms with Crippen molar-refractivity contribution in [2.75, 3.05) is 6.61 Å². The zero-order chi connectivity index (χ0) is 19.8. The number of likely N-dealkylation sites (tertiary alicyclic amines) is 1. The number of nitrogens with zero attached hydrogens (tertiary/aromatic N) is 1. The van der Waals surface area contributed by atoms with Crippen LogP contribution in [0.5, 0.6) is 0 Å². The summed E-state index contributed by atoms with van der Waals surface area (Å²) in [7, 11) is 0. The first-order valence-corrected chi connectivity index (χ1v) is 10.3. The Morgan fingerprint density at radius 3 is 2.63 bits per heavy atom. The number of carbonyl (C=O) groups excluding carboxylic acids is 2. The number of esters is 1. The molecular weight excluding hydrogens is 362 g/mol. The predicted molar refractivity (Wildman–Crippen MR) is 109 cm³/mol. The largest absolute Gasteiger partial charge is 0.464 e. The van der Waals surface area contributed by atoms with Crippen molar-refractivity contribution in [1.82, 2.24) is 4.90 Å². The van der Waals surface area contributed by atoms with Crippen molar-refractivity contribution in [3.8, 4) is 0 Å². The lowest BCUT2D eigenvalue weighted by atomic mass is 9.85. The Balaban J connectivity index is 2.31. The minimum Gasteiger partial charge on any atom is -0.464 e. The summed E-state index contributed by atoms with van der Waals surface area (Å²) in [6.07, 6.45) is 6.33. The highest BCUT2D eigenvalue weighted by Gasteiger charge is 2.41. The number of piperidine rings is 1. The number of hydrogen-bond donors (Lipinski definition) is 0. The highest BCUT2D eigenvalue weighted by molar-refractivity contribution is 6.30. The van der Waals surface area contributed by atoms with Gasteiger partial charge in [0.05, 0.1) is 12.6 Å². The molecule has 0 N–H and O–H groups in total. The molecule has 0 bridgehead atoms. The van der Waals surface area contributed by atoms with Gasteiger partial charge in [0.15, 0.2) is 0 Å². The zero-order valence-corrected chi connectivity index (χ0v) is 17.1. The number of unbranched alkanes of at least 4 members (excludes halogenated alkanes) is 1. The molecule has 2 unspecified atom stereocenters. The minimum atomic E-state index is -0.567. The second kappa shape index (κ2) is 10.5. The predicted octanol–water partition coefficient (Wildman–Crippen LogP) is 5.32. The van der Waals surface area contributed by atoms with E-state index in [1.54, 1.807) is 11.0 Å². The molecule has 1 aliphatic rings. The van der Waals surface area contributed by atoms with Crippen LogP contribution in [0.2, 0.25) is 5.02 Å². The molecule has 3 atom stereocenters. The molecule has 1 aromatic carbocycles. The summed E-state index contributed by atoms with van der Waals surface area (Å²) >= 11 is 6.03. The maximum atomic E-state index is 13.2. The van der Waals surface area contributed by atoms with Gasteiger partial charge in [0.1, 0.15) is 6.04 Å². The first-order valence-electron chi connectivity index (χ1n) is 9.88. The van der Waals surface area contributed by atoms with Crippen LogP contribution in [0, 0.1) is 5.92 Å². The molecule has 1 fully saturated rings. The lowest BCUT2D eigenvalue weighted by Gasteiger charge is -2.43. The molecule has 1 heterocycles. The van der Waals surface area contributed by atoms with Gasteiger partial charge in [0.2, 0.25) is 5.91 Å². The van der Waals surface area contributed by atoms with E-state index in [1.165, 1.54) is 0 Å². The van der Waals surface area contributed by atoms with E-state index in [9.17, 15) is 9.59 Å². The summed E-state index contributed by atoms with van der Waals surface area (Å²) in [6.45, 7) is 8.15. The van der Waals surface area contributed by atoms with Gasteiger partial charge in [-0.1, -0.05) is 50.1 Å². The first-order chi connectivity index (χ1) is 13.0. The molecule has 0 radical (unpaired) electrons. The molecule has 0 aliphatic carbocycles. The fourth-order valence-corrected chi connectivity index (χ4v) is 3.81. The van der Waals surface area contributed by atoms with Crippen molar-refractivity contribution in [2.45, 2.75) is 64.5 Å². The van der Waals surface area contributed by atoms with Gasteiger partial charge in [0.25, 0.3) is 0 Å². The summed E-state index contributed by atoms with van der Waals surface area (Å²) < 4.78 is 5.46. The Morgan fingerprint density at radius 2 is 2.04 bits per heavy atom. The fourth-order valence-electron chi connectivity index (χ4n) is 3.68. The van der Waals surface area contributed by atoms with E-state index in [1.807, 2.05) is 31.2 Å². The van der Waals surface area contributed by atoms with Crippen LogP contribution in [0.25, 0.3) is 0 Å². The molecule has 4 nitrogen and oxygen atoms in total. The zero-order valence-electron chi connectivity index (χ0n) is 16.3. The number of hydrogen-bond acceptors (Lipinski definition) is 3. The van der Waals surface area contributed by atoms with Gasteiger partial charge in [-0.05, 0) is 49.8 Å². The number of allylic oxidation sites excluding steroid dienone is 1. The van der Waals surface area contributed by atoms with E-state index in [0.29, 0.717) is 24.5 Å². The Labute approximate surface area is 167 Å². The van der Waals surface area contributed by atoms with E-state index >= 15 is 0 Å². The van der Waals surface area contributed by atoms with Crippen LogP contribution in [0.3, 0.4) is 0 Å². The first kappa shape index (κ1) is 21.5. The summed E-state index contributed by atoms with van der Waals surface area (Å²) in [5.74, 6) is -0.415. The Kier molecular flexibility index (Phi) is 8.36. The average Bonchev–Trinajstić information content (AvgIpc) is 2.66. The lowest BCUT2D eigenvalue weighted by Crippen LogP contribution is -2.52. The summed E-state index contributed by atoms with van der Waals surface area (Å²) in [5, 5.41) is 0.656. The van der Waals surface area contributed by atoms with Crippen LogP contribution in [-0.2, 0) is 14.3 Å². The van der Waals surface area contributed by atoms with E-state index in [4.69, 9.17) is 16.3 Å². The summed E-state index contributed by atoms with van der Waals surface area (Å²) in [6, 6.07) is 6.83. The molecule has 27 heavy (non-hydrogen) atoms. The molecule has 0 aromatic heterocycles. The minimum absolute atomic E-state index is 0.0143. The third kappa shape index (κ3) is 5.35. The van der Waals surface area contributed by atoms with Gasteiger partial charge < -0.3 is 9.64 Å². The second-order valence-corrected chi connectivity index (χ2v) is 7.49. The molecule has 1 aromatic rings. The second-order valence-electron chi connectivity index (χ2n) is 7.06. The molecule has 1 aliphatic heterocycles. The number of rotatable bonds is 9. The SMILES string of the molecule is C=CC[C@H]1CCC(c2ccc(Cl)cc2)N(C(CC)C(=O)OCCCC)C1=O. The smallest absolute Gasteiger partial charge is 0.328 e. The van der Waals surface area contributed by atoms with Crippen LogP contribution in [0.4, 0.5) is 0 Å². The van der Waals surface area contributed by atoms with E-state index in [-0.39, 0.29) is 23.8 Å². The van der Waals surface area contributed by atoms with Gasteiger partial charge in [-0.15, -0.1) is 6.58 Å². The molecule has 5 heteroatoms. The van der Waals surface area contributed by atoms with Crippen LogP contribution < -0.4 is 0 Å². The maximum Gasteiger partial charge on any atom is 0.328 e. The quantitative estimate of drug-likeness (QED) is 0.325. The topological polar surface area (TPSA) is 46.6 Å². The van der Waals surface area contributed by atoms with Gasteiger partial charge >= 0.3 is 5.97 Å². The van der Waals surface area contributed by atoms with Crippen molar-refractivity contribution < 1.29 is 14.3 Å².